The number of thioether (sulfide) groups is 1. The molecule has 11 heteroatoms. The zero-order valence-electron chi connectivity index (χ0n) is 16.9. The summed E-state index contributed by atoms with van der Waals surface area (Å²) in [6.45, 7) is 0. The van der Waals surface area contributed by atoms with Crippen molar-refractivity contribution in [3.63, 3.8) is 0 Å². The molecule has 0 saturated heterocycles. The molecule has 2 aromatic carbocycles. The Labute approximate surface area is 184 Å². The molecule has 2 heterocycles. The molecule has 0 aliphatic carbocycles. The molecule has 0 radical (unpaired) electrons. The lowest BCUT2D eigenvalue weighted by molar-refractivity contribution is -0.137. The Balaban J connectivity index is 1.58. The van der Waals surface area contributed by atoms with Gasteiger partial charge in [-0.1, -0.05) is 23.9 Å². The van der Waals surface area contributed by atoms with Crippen molar-refractivity contribution < 1.29 is 27.4 Å². The average Bonchev–Trinajstić information content (AvgIpc) is 3.14. The van der Waals surface area contributed by atoms with Crippen molar-refractivity contribution in [3.8, 4) is 11.5 Å². The fourth-order valence-corrected chi connectivity index (χ4v) is 4.02. The minimum absolute atomic E-state index is 0.139. The minimum atomic E-state index is -4.57. The van der Waals surface area contributed by atoms with Crippen LogP contribution in [0.1, 0.15) is 5.56 Å². The van der Waals surface area contributed by atoms with Gasteiger partial charge in [0.05, 0.1) is 42.3 Å². The highest BCUT2D eigenvalue weighted by atomic mass is 32.2. The number of benzene rings is 2. The Morgan fingerprint density at radius 2 is 1.84 bits per heavy atom. The molecule has 2 N–H and O–H groups in total. The van der Waals surface area contributed by atoms with Crippen molar-refractivity contribution in [1.82, 2.24) is 15.0 Å². The second-order valence-corrected chi connectivity index (χ2v) is 7.62. The van der Waals surface area contributed by atoms with Crippen molar-refractivity contribution in [1.29, 1.82) is 0 Å². The lowest BCUT2D eigenvalue weighted by atomic mass is 10.1. The molecule has 1 amide bonds. The first-order valence-electron chi connectivity index (χ1n) is 9.29. The number of aromatic nitrogens is 3. The summed E-state index contributed by atoms with van der Waals surface area (Å²) in [4.78, 5) is 24.1. The number of hydrogen-bond donors (Lipinski definition) is 2. The molecule has 32 heavy (non-hydrogen) atoms. The monoisotopic (exact) mass is 462 g/mol. The number of para-hydroxylation sites is 1. The van der Waals surface area contributed by atoms with E-state index in [9.17, 15) is 18.0 Å². The van der Waals surface area contributed by atoms with Crippen LogP contribution in [0.25, 0.3) is 21.9 Å². The SMILES string of the molecule is COc1cc2[nH]c3c(SCC(=O)Nc4ccccc4C(F)(F)F)ncnc3c2cc1OC. The number of methoxy groups -OCH3 is 2. The van der Waals surface area contributed by atoms with Crippen LogP contribution in [0.5, 0.6) is 11.5 Å². The van der Waals surface area contributed by atoms with Crippen molar-refractivity contribution in [2.75, 3.05) is 25.3 Å². The number of nitrogens with zero attached hydrogens (tertiary/aromatic N) is 2. The number of hydrogen-bond acceptors (Lipinski definition) is 6. The maximum absolute atomic E-state index is 13.1. The van der Waals surface area contributed by atoms with Gasteiger partial charge in [0.1, 0.15) is 16.9 Å². The molecule has 0 spiro atoms. The van der Waals surface area contributed by atoms with Crippen molar-refractivity contribution in [2.24, 2.45) is 0 Å². The van der Waals surface area contributed by atoms with E-state index in [4.69, 9.17) is 9.47 Å². The predicted octanol–water partition coefficient (Wildman–Crippen LogP) is 4.88. The average molecular weight is 462 g/mol. The lowest BCUT2D eigenvalue weighted by Gasteiger charge is -2.13. The quantitative estimate of drug-likeness (QED) is 0.314. The van der Waals surface area contributed by atoms with Gasteiger partial charge in [-0.3, -0.25) is 4.79 Å². The van der Waals surface area contributed by atoms with Crippen molar-refractivity contribution >= 4 is 45.3 Å². The van der Waals surface area contributed by atoms with Crippen LogP contribution >= 0.6 is 11.8 Å². The molecule has 0 fully saturated rings. The Kier molecular flexibility index (Phi) is 5.83. The number of fused-ring (bicyclic) bond motifs is 3. The molecular formula is C21H17F3N4O3S. The van der Waals surface area contributed by atoms with Gasteiger partial charge in [0.2, 0.25) is 5.91 Å². The zero-order chi connectivity index (χ0) is 22.9. The van der Waals surface area contributed by atoms with E-state index in [1.54, 1.807) is 12.1 Å². The van der Waals surface area contributed by atoms with Crippen LogP contribution in [0.3, 0.4) is 0 Å². The largest absolute Gasteiger partial charge is 0.493 e. The van der Waals surface area contributed by atoms with Crippen LogP contribution in [0.4, 0.5) is 18.9 Å². The van der Waals surface area contributed by atoms with Crippen molar-refractivity contribution in [2.45, 2.75) is 11.2 Å². The summed E-state index contributed by atoms with van der Waals surface area (Å²) in [6.07, 6.45) is -3.20. The number of ether oxygens (including phenoxy) is 2. The molecule has 0 atom stereocenters. The highest BCUT2D eigenvalue weighted by Crippen LogP contribution is 2.37. The molecule has 4 rings (SSSR count). The zero-order valence-corrected chi connectivity index (χ0v) is 17.7. The van der Waals surface area contributed by atoms with Gasteiger partial charge in [0.15, 0.2) is 11.5 Å². The van der Waals surface area contributed by atoms with Crippen LogP contribution < -0.4 is 14.8 Å². The summed E-state index contributed by atoms with van der Waals surface area (Å²) in [7, 11) is 3.06. The molecule has 0 bridgehead atoms. The number of amides is 1. The lowest BCUT2D eigenvalue weighted by Crippen LogP contribution is -2.18. The standard InChI is InChI=1S/C21H17F3N4O3S/c1-30-15-7-11-14(8-16(15)31-2)28-19-18(11)25-10-26-20(19)32-9-17(29)27-13-6-4-3-5-12(13)21(22,23)24/h3-8,10,28H,9H2,1-2H3,(H,27,29). The number of alkyl halides is 3. The number of anilines is 1. The van der Waals surface area contributed by atoms with Gasteiger partial charge < -0.3 is 19.8 Å². The maximum atomic E-state index is 13.1. The Morgan fingerprint density at radius 3 is 2.56 bits per heavy atom. The third kappa shape index (κ3) is 4.15. The number of halogens is 3. The molecule has 0 aliphatic heterocycles. The highest BCUT2D eigenvalue weighted by molar-refractivity contribution is 8.00. The van der Waals surface area contributed by atoms with E-state index in [2.05, 4.69) is 20.3 Å². The van der Waals surface area contributed by atoms with Gasteiger partial charge in [-0.2, -0.15) is 13.2 Å². The maximum Gasteiger partial charge on any atom is 0.418 e. The van der Waals surface area contributed by atoms with Gasteiger partial charge in [-0.05, 0) is 18.2 Å². The summed E-state index contributed by atoms with van der Waals surface area (Å²) in [6, 6.07) is 8.39. The second-order valence-electron chi connectivity index (χ2n) is 6.66. The van der Waals surface area contributed by atoms with Crippen molar-refractivity contribution in [3.05, 3.63) is 48.3 Å². The normalized spacial score (nSPS) is 11.7. The van der Waals surface area contributed by atoms with Gasteiger partial charge >= 0.3 is 6.18 Å². The molecule has 4 aromatic rings. The van der Waals surface area contributed by atoms with E-state index >= 15 is 0 Å². The fraction of sp³-hybridized carbons (Fsp3) is 0.190. The van der Waals surface area contributed by atoms with Gasteiger partial charge in [-0.25, -0.2) is 9.97 Å². The van der Waals surface area contributed by atoms with E-state index < -0.39 is 17.6 Å². The summed E-state index contributed by atoms with van der Waals surface area (Å²) < 4.78 is 50.1. The number of nitrogens with one attached hydrogen (secondary N) is 2. The number of carbonyl (C=O) groups excluding carboxylic acids is 1. The first-order chi connectivity index (χ1) is 15.3. The van der Waals surface area contributed by atoms with E-state index in [-0.39, 0.29) is 11.4 Å². The number of H-pyrrole nitrogens is 1. The number of rotatable bonds is 6. The van der Waals surface area contributed by atoms with E-state index in [0.717, 1.165) is 28.7 Å². The van der Waals surface area contributed by atoms with Crippen LogP contribution in [0, 0.1) is 0 Å². The Morgan fingerprint density at radius 1 is 1.12 bits per heavy atom. The second kappa shape index (κ2) is 8.58. The molecule has 0 saturated carbocycles. The van der Waals surface area contributed by atoms with Crippen LogP contribution in [-0.2, 0) is 11.0 Å². The first kappa shape index (κ1) is 21.8. The van der Waals surface area contributed by atoms with Gasteiger partial charge in [0, 0.05) is 11.5 Å². The third-order valence-corrected chi connectivity index (χ3v) is 5.69. The predicted molar refractivity (Wildman–Crippen MR) is 115 cm³/mol. The topological polar surface area (TPSA) is 89.1 Å². The summed E-state index contributed by atoms with van der Waals surface area (Å²) in [5.74, 6) is 0.353. The summed E-state index contributed by atoms with van der Waals surface area (Å²) >= 11 is 1.09. The van der Waals surface area contributed by atoms with Crippen LogP contribution in [-0.4, -0.2) is 40.8 Å². The molecule has 0 aliphatic rings. The van der Waals surface area contributed by atoms with Crippen LogP contribution in [0.15, 0.2) is 47.8 Å². The first-order valence-corrected chi connectivity index (χ1v) is 10.3. The summed E-state index contributed by atoms with van der Waals surface area (Å²) in [5.41, 5.74) is 0.778. The van der Waals surface area contributed by atoms with E-state index in [1.807, 2.05) is 0 Å². The fourth-order valence-electron chi connectivity index (χ4n) is 3.27. The van der Waals surface area contributed by atoms with Crippen LogP contribution in [0.2, 0.25) is 0 Å². The molecule has 0 unspecified atom stereocenters. The Hall–Kier alpha value is -3.47. The smallest absolute Gasteiger partial charge is 0.418 e. The number of aromatic amines is 1. The number of carbonyl (C=O) groups is 1. The molecule has 2 aromatic heterocycles. The third-order valence-electron chi connectivity index (χ3n) is 4.70. The van der Waals surface area contributed by atoms with E-state index in [1.165, 1.54) is 38.7 Å². The summed E-state index contributed by atoms with van der Waals surface area (Å²) in [5, 5.41) is 3.60. The van der Waals surface area contributed by atoms with E-state index in [0.29, 0.717) is 27.6 Å². The molecule has 7 nitrogen and oxygen atoms in total. The molecule has 166 valence electrons. The Bertz CT molecular complexity index is 1310. The minimum Gasteiger partial charge on any atom is -0.493 e. The van der Waals surface area contributed by atoms with Gasteiger partial charge in [0.25, 0.3) is 0 Å². The highest BCUT2D eigenvalue weighted by Gasteiger charge is 2.33. The van der Waals surface area contributed by atoms with Gasteiger partial charge in [-0.15, -0.1) is 0 Å². The molecular weight excluding hydrogens is 445 g/mol.